The molecule has 1 saturated heterocycles. The van der Waals surface area contributed by atoms with Gasteiger partial charge in [0, 0.05) is 24.8 Å². The summed E-state index contributed by atoms with van der Waals surface area (Å²) in [6, 6.07) is 2.19. The van der Waals surface area contributed by atoms with Crippen LogP contribution < -0.4 is 15.4 Å². The number of anilines is 1. The fourth-order valence-electron chi connectivity index (χ4n) is 2.35. The molecule has 0 aliphatic carbocycles. The molecule has 1 aliphatic heterocycles. The minimum absolute atomic E-state index is 0.310. The fraction of sp³-hybridized carbons (Fsp3) is 0.692. The molecule has 2 rings (SSSR count). The molecule has 0 bridgehead atoms. The molecule has 0 amide bonds. The van der Waals surface area contributed by atoms with Gasteiger partial charge in [-0.2, -0.15) is 4.98 Å². The number of nitrogens with zero attached hydrogens (tertiary/aromatic N) is 2. The van der Waals surface area contributed by atoms with Gasteiger partial charge in [0.2, 0.25) is 11.8 Å². The van der Waals surface area contributed by atoms with Crippen molar-refractivity contribution in [3.63, 3.8) is 0 Å². The van der Waals surface area contributed by atoms with Crippen molar-refractivity contribution in [1.29, 1.82) is 0 Å². The number of methoxy groups -OCH3 is 1. The Morgan fingerprint density at radius 2 is 2.39 bits per heavy atom. The lowest BCUT2D eigenvalue weighted by molar-refractivity contribution is 0.188. The fourth-order valence-corrected chi connectivity index (χ4v) is 2.35. The predicted octanol–water partition coefficient (Wildman–Crippen LogP) is 1.68. The minimum atomic E-state index is 0.310. The summed E-state index contributed by atoms with van der Waals surface area (Å²) < 4.78 is 5.08. The Kier molecular flexibility index (Phi) is 4.01. The molecule has 18 heavy (non-hydrogen) atoms. The van der Waals surface area contributed by atoms with E-state index >= 15 is 0 Å². The highest BCUT2D eigenvalue weighted by Crippen LogP contribution is 2.29. The first kappa shape index (κ1) is 13.1. The van der Waals surface area contributed by atoms with Crippen LogP contribution in [0.4, 0.5) is 5.95 Å². The third kappa shape index (κ3) is 3.10. The summed E-state index contributed by atoms with van der Waals surface area (Å²) in [5.74, 6) is 1.21. The van der Waals surface area contributed by atoms with Crippen LogP contribution in [-0.4, -0.2) is 36.2 Å². The Labute approximate surface area is 108 Å². The van der Waals surface area contributed by atoms with Crippen LogP contribution in [0, 0.1) is 5.41 Å². The van der Waals surface area contributed by atoms with Gasteiger partial charge in [-0.25, -0.2) is 4.98 Å². The summed E-state index contributed by atoms with van der Waals surface area (Å²) in [5, 5.41) is 6.84. The maximum absolute atomic E-state index is 5.08. The molecule has 0 saturated carbocycles. The van der Waals surface area contributed by atoms with Gasteiger partial charge in [-0.1, -0.05) is 13.8 Å². The first-order valence-corrected chi connectivity index (χ1v) is 6.46. The number of ether oxygens (including phenoxy) is 1. The van der Waals surface area contributed by atoms with E-state index in [1.807, 2.05) is 0 Å². The summed E-state index contributed by atoms with van der Waals surface area (Å²) in [6.45, 7) is 6.53. The zero-order valence-corrected chi connectivity index (χ0v) is 11.4. The van der Waals surface area contributed by atoms with E-state index in [-0.39, 0.29) is 0 Å². The molecule has 5 heteroatoms. The maximum Gasteiger partial charge on any atom is 0.225 e. The number of aromatic nitrogens is 2. The van der Waals surface area contributed by atoms with Gasteiger partial charge in [0.25, 0.3) is 0 Å². The maximum atomic E-state index is 5.08. The lowest BCUT2D eigenvalue weighted by atomic mass is 9.77. The predicted molar refractivity (Wildman–Crippen MR) is 71.9 cm³/mol. The van der Waals surface area contributed by atoms with Crippen LogP contribution in [0.2, 0.25) is 0 Å². The first-order chi connectivity index (χ1) is 8.62. The molecule has 2 N–H and O–H groups in total. The molecule has 2 heterocycles. The second kappa shape index (κ2) is 5.52. The van der Waals surface area contributed by atoms with Gasteiger partial charge in [-0.15, -0.1) is 0 Å². The Morgan fingerprint density at radius 1 is 1.56 bits per heavy atom. The van der Waals surface area contributed by atoms with Gasteiger partial charge in [-0.05, 0) is 24.8 Å². The van der Waals surface area contributed by atoms with Gasteiger partial charge in [0.05, 0.1) is 7.11 Å². The zero-order valence-electron chi connectivity index (χ0n) is 11.4. The average Bonchev–Trinajstić information content (AvgIpc) is 2.37. The van der Waals surface area contributed by atoms with Crippen LogP contribution in [0.15, 0.2) is 12.3 Å². The van der Waals surface area contributed by atoms with Gasteiger partial charge >= 0.3 is 0 Å². The minimum Gasteiger partial charge on any atom is -0.481 e. The summed E-state index contributed by atoms with van der Waals surface area (Å²) >= 11 is 0. The third-order valence-corrected chi connectivity index (χ3v) is 3.64. The molecule has 1 fully saturated rings. The van der Waals surface area contributed by atoms with Gasteiger partial charge in [0.15, 0.2) is 0 Å². The van der Waals surface area contributed by atoms with Crippen molar-refractivity contribution in [3.8, 4) is 5.88 Å². The van der Waals surface area contributed by atoms with Crippen molar-refractivity contribution in [2.45, 2.75) is 32.7 Å². The second-order valence-electron chi connectivity index (χ2n) is 5.40. The van der Waals surface area contributed by atoms with Crippen molar-refractivity contribution in [2.75, 3.05) is 25.5 Å². The number of piperidine rings is 1. The molecule has 0 spiro atoms. The summed E-state index contributed by atoms with van der Waals surface area (Å²) in [6.07, 6.45) is 4.21. The normalized spacial score (nSPS) is 22.5. The summed E-state index contributed by atoms with van der Waals surface area (Å²) in [4.78, 5) is 8.44. The molecule has 5 nitrogen and oxygen atoms in total. The van der Waals surface area contributed by atoms with Gasteiger partial charge in [0.1, 0.15) is 0 Å². The van der Waals surface area contributed by atoms with Crippen LogP contribution >= 0.6 is 0 Å². The van der Waals surface area contributed by atoms with Crippen LogP contribution in [0.3, 0.4) is 0 Å². The standard InChI is InChI=1S/C13H22N4O/c1-13(2)6-4-7-14-10(13)9-16-12-15-8-5-11(17-12)18-3/h5,8,10,14H,4,6-7,9H2,1-3H3,(H,15,16,17). The Bertz CT molecular complexity index is 394. The van der Waals surface area contributed by atoms with Crippen LogP contribution in [0.5, 0.6) is 5.88 Å². The highest BCUT2D eigenvalue weighted by Gasteiger charge is 2.31. The summed E-state index contributed by atoms with van der Waals surface area (Å²) in [7, 11) is 1.61. The molecule has 1 aliphatic rings. The van der Waals surface area contributed by atoms with E-state index in [4.69, 9.17) is 4.74 Å². The Balaban J connectivity index is 1.94. The lowest BCUT2D eigenvalue weighted by Crippen LogP contribution is -2.50. The van der Waals surface area contributed by atoms with Crippen molar-refractivity contribution in [3.05, 3.63) is 12.3 Å². The quantitative estimate of drug-likeness (QED) is 0.851. The molecule has 1 atom stereocenters. The van der Waals surface area contributed by atoms with E-state index in [1.165, 1.54) is 12.8 Å². The molecule has 0 aromatic carbocycles. The second-order valence-corrected chi connectivity index (χ2v) is 5.40. The van der Waals surface area contributed by atoms with Crippen molar-refractivity contribution in [2.24, 2.45) is 5.41 Å². The lowest BCUT2D eigenvalue weighted by Gasteiger charge is -2.39. The van der Waals surface area contributed by atoms with Crippen LogP contribution in [0.25, 0.3) is 0 Å². The molecule has 1 aromatic rings. The monoisotopic (exact) mass is 250 g/mol. The average molecular weight is 250 g/mol. The molecule has 1 unspecified atom stereocenters. The number of hydrogen-bond donors (Lipinski definition) is 2. The number of nitrogens with one attached hydrogen (secondary N) is 2. The Hall–Kier alpha value is -1.36. The summed E-state index contributed by atoms with van der Waals surface area (Å²) in [5.41, 5.74) is 0.310. The van der Waals surface area contributed by atoms with Crippen molar-refractivity contribution >= 4 is 5.95 Å². The van der Waals surface area contributed by atoms with E-state index in [0.717, 1.165) is 13.1 Å². The van der Waals surface area contributed by atoms with Crippen molar-refractivity contribution in [1.82, 2.24) is 15.3 Å². The molecule has 0 radical (unpaired) electrons. The van der Waals surface area contributed by atoms with Gasteiger partial charge in [-0.3, -0.25) is 0 Å². The highest BCUT2D eigenvalue weighted by molar-refractivity contribution is 5.27. The smallest absolute Gasteiger partial charge is 0.225 e. The van der Waals surface area contributed by atoms with E-state index in [1.54, 1.807) is 19.4 Å². The third-order valence-electron chi connectivity index (χ3n) is 3.64. The Morgan fingerprint density at radius 3 is 3.11 bits per heavy atom. The largest absolute Gasteiger partial charge is 0.481 e. The SMILES string of the molecule is COc1ccnc(NCC2NCCCC2(C)C)n1. The van der Waals surface area contributed by atoms with Gasteiger partial charge < -0.3 is 15.4 Å². The molecule has 100 valence electrons. The topological polar surface area (TPSA) is 59.1 Å². The molecular weight excluding hydrogens is 228 g/mol. The van der Waals surface area contributed by atoms with E-state index < -0.39 is 0 Å². The van der Waals surface area contributed by atoms with E-state index in [2.05, 4.69) is 34.4 Å². The van der Waals surface area contributed by atoms with E-state index in [9.17, 15) is 0 Å². The van der Waals surface area contributed by atoms with Crippen molar-refractivity contribution < 1.29 is 4.74 Å². The van der Waals surface area contributed by atoms with E-state index in [0.29, 0.717) is 23.3 Å². The number of rotatable bonds is 4. The van der Waals surface area contributed by atoms with Crippen LogP contribution in [-0.2, 0) is 0 Å². The van der Waals surface area contributed by atoms with Crippen LogP contribution in [0.1, 0.15) is 26.7 Å². The molecular formula is C13H22N4O. The highest BCUT2D eigenvalue weighted by atomic mass is 16.5. The first-order valence-electron chi connectivity index (χ1n) is 6.46. The number of hydrogen-bond acceptors (Lipinski definition) is 5. The molecule has 1 aromatic heterocycles. The zero-order chi connectivity index (χ0) is 13.0.